The molecule has 100 valence electrons. The number of aryl methyl sites for hydroxylation is 1. The van der Waals surface area contributed by atoms with Crippen molar-refractivity contribution in [2.75, 3.05) is 11.9 Å². The highest BCUT2D eigenvalue weighted by Gasteiger charge is 2.20. The van der Waals surface area contributed by atoms with E-state index in [0.717, 1.165) is 15.7 Å². The molecule has 1 amide bonds. The van der Waals surface area contributed by atoms with Crippen LogP contribution >= 0.6 is 23.1 Å². The monoisotopic (exact) mass is 292 g/mol. The van der Waals surface area contributed by atoms with Crippen LogP contribution in [0.3, 0.4) is 0 Å². The molecule has 0 bridgehead atoms. The first-order chi connectivity index (χ1) is 9.08. The minimum Gasteiger partial charge on any atom is -0.315 e. The Bertz CT molecular complexity index is 554. The van der Waals surface area contributed by atoms with Crippen molar-refractivity contribution in [1.82, 2.24) is 4.98 Å². The molecule has 1 atom stereocenters. The van der Waals surface area contributed by atoms with Gasteiger partial charge in [-0.05, 0) is 26.0 Å². The van der Waals surface area contributed by atoms with Crippen LogP contribution in [0.5, 0.6) is 0 Å². The zero-order valence-corrected chi connectivity index (χ0v) is 12.8. The molecule has 19 heavy (non-hydrogen) atoms. The summed E-state index contributed by atoms with van der Waals surface area (Å²) in [6, 6.07) is 9.67. The number of nitrogens with zero attached hydrogens (tertiary/aromatic N) is 2. The molecule has 1 heterocycles. The Hall–Kier alpha value is -1.33. The van der Waals surface area contributed by atoms with Gasteiger partial charge in [-0.2, -0.15) is 0 Å². The first-order valence-corrected chi connectivity index (χ1v) is 7.75. The fourth-order valence-corrected chi connectivity index (χ4v) is 3.72. The maximum absolute atomic E-state index is 12.3. The summed E-state index contributed by atoms with van der Waals surface area (Å²) in [5.41, 5.74) is 1.92. The van der Waals surface area contributed by atoms with Gasteiger partial charge >= 0.3 is 0 Å². The smallest absolute Gasteiger partial charge is 0.240 e. The minimum atomic E-state index is -0.143. The predicted molar refractivity (Wildman–Crippen MR) is 82.0 cm³/mol. The summed E-state index contributed by atoms with van der Waals surface area (Å²) < 4.78 is 0.944. The fraction of sp³-hybridized carbons (Fsp3) is 0.286. The number of aromatic nitrogens is 1. The number of thiazole rings is 1. The Kier molecular flexibility index (Phi) is 4.61. The van der Waals surface area contributed by atoms with Crippen molar-refractivity contribution in [1.29, 1.82) is 0 Å². The quantitative estimate of drug-likeness (QED) is 0.807. The van der Waals surface area contributed by atoms with Gasteiger partial charge in [0.1, 0.15) is 0 Å². The van der Waals surface area contributed by atoms with Crippen LogP contribution in [0, 0.1) is 6.92 Å². The van der Waals surface area contributed by atoms with Crippen LogP contribution < -0.4 is 4.90 Å². The largest absolute Gasteiger partial charge is 0.315 e. The second-order valence-corrected chi connectivity index (χ2v) is 6.69. The molecule has 2 aromatic rings. The number of hydrogen-bond donors (Lipinski definition) is 0. The molecule has 0 spiro atoms. The van der Waals surface area contributed by atoms with Gasteiger partial charge in [-0.25, -0.2) is 4.98 Å². The van der Waals surface area contributed by atoms with Crippen LogP contribution in [-0.4, -0.2) is 23.2 Å². The van der Waals surface area contributed by atoms with Crippen molar-refractivity contribution in [3.8, 4) is 0 Å². The van der Waals surface area contributed by atoms with Gasteiger partial charge in [-0.1, -0.05) is 30.0 Å². The average Bonchev–Trinajstić information content (AvgIpc) is 2.83. The number of anilines is 1. The molecule has 0 saturated carbocycles. The molecule has 5 heteroatoms. The van der Waals surface area contributed by atoms with E-state index in [-0.39, 0.29) is 11.2 Å². The maximum atomic E-state index is 12.3. The lowest BCUT2D eigenvalue weighted by Crippen LogP contribution is -2.33. The Morgan fingerprint density at radius 3 is 2.63 bits per heavy atom. The molecule has 0 fully saturated rings. The van der Waals surface area contributed by atoms with Gasteiger partial charge in [0.15, 0.2) is 4.34 Å². The van der Waals surface area contributed by atoms with Crippen molar-refractivity contribution < 1.29 is 4.79 Å². The van der Waals surface area contributed by atoms with E-state index in [1.807, 2.05) is 56.6 Å². The molecule has 2 rings (SSSR count). The van der Waals surface area contributed by atoms with Crippen LogP contribution in [-0.2, 0) is 4.79 Å². The number of amides is 1. The molecule has 1 unspecified atom stereocenters. The predicted octanol–water partition coefficient (Wildman–Crippen LogP) is 3.60. The minimum absolute atomic E-state index is 0.0871. The van der Waals surface area contributed by atoms with Crippen LogP contribution in [0.1, 0.15) is 12.6 Å². The molecule has 1 aromatic heterocycles. The second kappa shape index (κ2) is 6.21. The van der Waals surface area contributed by atoms with Crippen LogP contribution in [0.2, 0.25) is 0 Å². The number of benzene rings is 1. The normalized spacial score (nSPS) is 12.2. The first kappa shape index (κ1) is 14.1. The molecular formula is C14H16N2OS2. The van der Waals surface area contributed by atoms with Gasteiger partial charge < -0.3 is 4.90 Å². The lowest BCUT2D eigenvalue weighted by molar-refractivity contribution is -0.117. The van der Waals surface area contributed by atoms with E-state index in [2.05, 4.69) is 4.98 Å². The first-order valence-electron chi connectivity index (χ1n) is 5.99. The van der Waals surface area contributed by atoms with Gasteiger partial charge in [0.2, 0.25) is 5.91 Å². The van der Waals surface area contributed by atoms with E-state index in [1.165, 1.54) is 11.8 Å². The van der Waals surface area contributed by atoms with E-state index >= 15 is 0 Å². The van der Waals surface area contributed by atoms with Gasteiger partial charge in [0.05, 0.1) is 5.25 Å². The zero-order valence-electron chi connectivity index (χ0n) is 11.2. The van der Waals surface area contributed by atoms with Crippen molar-refractivity contribution in [3.05, 3.63) is 41.4 Å². The van der Waals surface area contributed by atoms with Gasteiger partial charge in [-0.15, -0.1) is 11.3 Å². The maximum Gasteiger partial charge on any atom is 0.240 e. The Labute approximate surface area is 121 Å². The van der Waals surface area contributed by atoms with Gasteiger partial charge in [0, 0.05) is 23.8 Å². The van der Waals surface area contributed by atoms with Crippen molar-refractivity contribution in [2.24, 2.45) is 0 Å². The standard InChI is InChI=1S/C14H16N2OS2/c1-10-9-18-14(15-10)19-11(2)13(17)16(3)12-7-5-4-6-8-12/h4-9,11H,1-3H3. The third-order valence-electron chi connectivity index (χ3n) is 2.70. The number of carbonyl (C=O) groups excluding carboxylic acids is 1. The number of para-hydroxylation sites is 1. The highest BCUT2D eigenvalue weighted by atomic mass is 32.2. The summed E-state index contributed by atoms with van der Waals surface area (Å²) >= 11 is 3.10. The third kappa shape index (κ3) is 3.58. The van der Waals surface area contributed by atoms with Gasteiger partial charge in [-0.3, -0.25) is 4.79 Å². The summed E-state index contributed by atoms with van der Waals surface area (Å²) in [6.07, 6.45) is 0. The summed E-state index contributed by atoms with van der Waals surface area (Å²) in [5.74, 6) is 0.0871. The fourth-order valence-electron chi connectivity index (χ4n) is 1.64. The van der Waals surface area contributed by atoms with Crippen molar-refractivity contribution in [3.63, 3.8) is 0 Å². The summed E-state index contributed by atoms with van der Waals surface area (Å²) in [6.45, 7) is 3.88. The summed E-state index contributed by atoms with van der Waals surface area (Å²) in [4.78, 5) is 18.4. The topological polar surface area (TPSA) is 33.2 Å². The summed E-state index contributed by atoms with van der Waals surface area (Å²) in [5, 5.41) is 1.86. The molecule has 0 aliphatic rings. The molecule has 0 saturated heterocycles. The number of rotatable bonds is 4. The molecule has 1 aromatic carbocycles. The van der Waals surface area contributed by atoms with E-state index in [4.69, 9.17) is 0 Å². The third-order valence-corrected chi connectivity index (χ3v) is 4.87. The highest BCUT2D eigenvalue weighted by molar-refractivity contribution is 8.02. The molecule has 0 N–H and O–H groups in total. The molecule has 0 radical (unpaired) electrons. The van der Waals surface area contributed by atoms with E-state index in [9.17, 15) is 4.79 Å². The van der Waals surface area contributed by atoms with Crippen molar-refractivity contribution in [2.45, 2.75) is 23.4 Å². The van der Waals surface area contributed by atoms with E-state index in [1.54, 1.807) is 16.2 Å². The van der Waals surface area contributed by atoms with Gasteiger partial charge in [0.25, 0.3) is 0 Å². The average molecular weight is 292 g/mol. The summed E-state index contributed by atoms with van der Waals surface area (Å²) in [7, 11) is 1.81. The lowest BCUT2D eigenvalue weighted by Gasteiger charge is -2.20. The molecule has 0 aliphatic carbocycles. The number of carbonyl (C=O) groups is 1. The van der Waals surface area contributed by atoms with E-state index in [0.29, 0.717) is 0 Å². The molecule has 0 aliphatic heterocycles. The lowest BCUT2D eigenvalue weighted by atomic mass is 10.3. The Morgan fingerprint density at radius 2 is 2.05 bits per heavy atom. The Balaban J connectivity index is 2.03. The number of thioether (sulfide) groups is 1. The number of hydrogen-bond acceptors (Lipinski definition) is 4. The molecular weight excluding hydrogens is 276 g/mol. The Morgan fingerprint density at radius 1 is 1.37 bits per heavy atom. The van der Waals surface area contributed by atoms with Crippen LogP contribution in [0.4, 0.5) is 5.69 Å². The second-order valence-electron chi connectivity index (χ2n) is 4.25. The van der Waals surface area contributed by atoms with Crippen molar-refractivity contribution >= 4 is 34.7 Å². The SMILES string of the molecule is Cc1csc(SC(C)C(=O)N(C)c2ccccc2)n1. The van der Waals surface area contributed by atoms with Crippen LogP contribution in [0.15, 0.2) is 40.1 Å². The van der Waals surface area contributed by atoms with E-state index < -0.39 is 0 Å². The zero-order chi connectivity index (χ0) is 13.8. The highest BCUT2D eigenvalue weighted by Crippen LogP contribution is 2.28. The van der Waals surface area contributed by atoms with Crippen LogP contribution in [0.25, 0.3) is 0 Å². The molecule has 3 nitrogen and oxygen atoms in total.